The molecule has 3 nitrogen and oxygen atoms in total. The number of pyridine rings is 1. The lowest BCUT2D eigenvalue weighted by molar-refractivity contribution is 0.494. The second-order valence-electron chi connectivity index (χ2n) is 4.55. The molecule has 0 aromatic carbocycles. The highest BCUT2D eigenvalue weighted by atomic mass is 32.2. The van der Waals surface area contributed by atoms with Crippen molar-refractivity contribution in [1.29, 1.82) is 0 Å². The summed E-state index contributed by atoms with van der Waals surface area (Å²) in [5, 5.41) is 0. The largest absolute Gasteiger partial charge is 0.354 e. The van der Waals surface area contributed by atoms with Crippen molar-refractivity contribution in [2.45, 2.75) is 31.4 Å². The fourth-order valence-electron chi connectivity index (χ4n) is 2.44. The fraction of sp³-hybridized carbons (Fsp3) is 0.615. The molecule has 2 heterocycles. The van der Waals surface area contributed by atoms with Crippen LogP contribution in [-0.2, 0) is 10.8 Å². The smallest absolute Gasteiger partial charge is 0.128 e. The highest BCUT2D eigenvalue weighted by molar-refractivity contribution is 7.86. The molecule has 4 heteroatoms. The predicted octanol–water partition coefficient (Wildman–Crippen LogP) is 2.21. The molecule has 1 fully saturated rings. The Morgan fingerprint density at radius 3 is 2.76 bits per heavy atom. The van der Waals surface area contributed by atoms with Crippen molar-refractivity contribution in [3.63, 3.8) is 0 Å². The molecule has 94 valence electrons. The van der Waals surface area contributed by atoms with Gasteiger partial charge in [0, 0.05) is 35.8 Å². The van der Waals surface area contributed by atoms with Crippen LogP contribution in [0.25, 0.3) is 0 Å². The summed E-state index contributed by atoms with van der Waals surface area (Å²) < 4.78 is 12.2. The molecule has 0 amide bonds. The number of anilines is 1. The van der Waals surface area contributed by atoms with Gasteiger partial charge < -0.3 is 4.90 Å². The van der Waals surface area contributed by atoms with Crippen LogP contribution < -0.4 is 4.90 Å². The molecular formula is C13H20N2OS. The quantitative estimate of drug-likeness (QED) is 0.827. The SMILES string of the molecule is CCC1(CC)CN(c2ccccn2)CCS1=O. The van der Waals surface area contributed by atoms with Gasteiger partial charge in [0.05, 0.1) is 4.75 Å². The van der Waals surface area contributed by atoms with Gasteiger partial charge >= 0.3 is 0 Å². The van der Waals surface area contributed by atoms with E-state index in [1.54, 1.807) is 0 Å². The Kier molecular flexibility index (Phi) is 3.82. The normalized spacial score (nSPS) is 23.6. The third-order valence-corrected chi connectivity index (χ3v) is 6.00. The zero-order valence-corrected chi connectivity index (χ0v) is 11.4. The summed E-state index contributed by atoms with van der Waals surface area (Å²) >= 11 is 0. The average molecular weight is 252 g/mol. The van der Waals surface area contributed by atoms with Crippen LogP contribution >= 0.6 is 0 Å². The van der Waals surface area contributed by atoms with Crippen LogP contribution in [0.3, 0.4) is 0 Å². The molecule has 0 bridgehead atoms. The van der Waals surface area contributed by atoms with Crippen molar-refractivity contribution in [2.75, 3.05) is 23.7 Å². The van der Waals surface area contributed by atoms with Gasteiger partial charge in [-0.15, -0.1) is 0 Å². The van der Waals surface area contributed by atoms with Gasteiger partial charge in [0.15, 0.2) is 0 Å². The second kappa shape index (κ2) is 5.17. The van der Waals surface area contributed by atoms with Crippen molar-refractivity contribution in [1.82, 2.24) is 4.98 Å². The van der Waals surface area contributed by atoms with E-state index in [2.05, 4.69) is 23.7 Å². The summed E-state index contributed by atoms with van der Waals surface area (Å²) in [6, 6.07) is 5.97. The van der Waals surface area contributed by atoms with Gasteiger partial charge in [0.2, 0.25) is 0 Å². The Hall–Kier alpha value is -0.900. The molecule has 17 heavy (non-hydrogen) atoms. The van der Waals surface area contributed by atoms with Gasteiger partial charge in [-0.25, -0.2) is 4.98 Å². The monoisotopic (exact) mass is 252 g/mol. The van der Waals surface area contributed by atoms with Gasteiger partial charge in [-0.1, -0.05) is 19.9 Å². The first-order valence-electron chi connectivity index (χ1n) is 6.26. The first-order valence-corrected chi connectivity index (χ1v) is 7.58. The van der Waals surface area contributed by atoms with E-state index in [9.17, 15) is 4.21 Å². The minimum Gasteiger partial charge on any atom is -0.354 e. The van der Waals surface area contributed by atoms with Crippen LogP contribution in [0.1, 0.15) is 26.7 Å². The van der Waals surface area contributed by atoms with E-state index in [-0.39, 0.29) is 4.75 Å². The van der Waals surface area contributed by atoms with Crippen LogP contribution in [0, 0.1) is 0 Å². The van der Waals surface area contributed by atoms with E-state index in [4.69, 9.17) is 0 Å². The van der Waals surface area contributed by atoms with Crippen molar-refractivity contribution < 1.29 is 4.21 Å². The van der Waals surface area contributed by atoms with E-state index in [1.807, 2.05) is 24.4 Å². The average Bonchev–Trinajstić information content (AvgIpc) is 2.41. The standard InChI is InChI=1S/C13H20N2OS/c1-3-13(4-2)11-15(9-10-17(13)16)12-7-5-6-8-14-12/h5-8H,3-4,9-11H2,1-2H3. The summed E-state index contributed by atoms with van der Waals surface area (Å²) in [5.74, 6) is 1.77. The fourth-order valence-corrected chi connectivity index (χ4v) is 4.20. The summed E-state index contributed by atoms with van der Waals surface area (Å²) in [4.78, 5) is 6.66. The number of hydrogen-bond acceptors (Lipinski definition) is 3. The minimum absolute atomic E-state index is 0.0459. The van der Waals surface area contributed by atoms with Crippen LogP contribution in [0.5, 0.6) is 0 Å². The molecule has 0 spiro atoms. The lowest BCUT2D eigenvalue weighted by Gasteiger charge is -2.41. The first kappa shape index (κ1) is 12.6. The zero-order chi connectivity index (χ0) is 12.3. The molecule has 0 N–H and O–H groups in total. The number of aromatic nitrogens is 1. The molecule has 1 aliphatic rings. The molecule has 2 rings (SSSR count). The molecule has 0 aliphatic carbocycles. The lowest BCUT2D eigenvalue weighted by Crippen LogP contribution is -2.53. The third-order valence-electron chi connectivity index (χ3n) is 3.77. The van der Waals surface area contributed by atoms with Crippen molar-refractivity contribution in [3.05, 3.63) is 24.4 Å². The Morgan fingerprint density at radius 2 is 2.18 bits per heavy atom. The maximum absolute atomic E-state index is 12.2. The van der Waals surface area contributed by atoms with E-state index in [0.717, 1.165) is 37.5 Å². The predicted molar refractivity (Wildman–Crippen MR) is 72.8 cm³/mol. The summed E-state index contributed by atoms with van der Waals surface area (Å²) in [6.07, 6.45) is 3.76. The molecule has 1 saturated heterocycles. The molecule has 0 radical (unpaired) electrons. The van der Waals surface area contributed by atoms with Crippen LogP contribution in [0.15, 0.2) is 24.4 Å². The maximum atomic E-state index is 12.2. The molecule has 0 saturated carbocycles. The molecule has 1 unspecified atom stereocenters. The Morgan fingerprint density at radius 1 is 1.41 bits per heavy atom. The van der Waals surface area contributed by atoms with Gasteiger partial charge in [-0.3, -0.25) is 4.21 Å². The highest BCUT2D eigenvalue weighted by Gasteiger charge is 2.39. The first-order chi connectivity index (χ1) is 8.22. The molecule has 1 aliphatic heterocycles. The van der Waals surface area contributed by atoms with Crippen LogP contribution in [0.2, 0.25) is 0 Å². The van der Waals surface area contributed by atoms with Gasteiger partial charge in [-0.2, -0.15) is 0 Å². The Labute approximate surface area is 106 Å². The topological polar surface area (TPSA) is 33.2 Å². The summed E-state index contributed by atoms with van der Waals surface area (Å²) in [6.45, 7) is 6.00. The van der Waals surface area contributed by atoms with Crippen LogP contribution in [-0.4, -0.2) is 32.8 Å². The highest BCUT2D eigenvalue weighted by Crippen LogP contribution is 2.30. The minimum atomic E-state index is -0.701. The summed E-state index contributed by atoms with van der Waals surface area (Å²) in [5.41, 5.74) is 0. The van der Waals surface area contributed by atoms with Crippen LogP contribution in [0.4, 0.5) is 5.82 Å². The number of nitrogens with zero attached hydrogens (tertiary/aromatic N) is 2. The van der Waals surface area contributed by atoms with E-state index < -0.39 is 10.8 Å². The Balaban J connectivity index is 2.21. The van der Waals surface area contributed by atoms with Crippen molar-refractivity contribution in [2.24, 2.45) is 0 Å². The van der Waals surface area contributed by atoms with E-state index in [1.165, 1.54) is 0 Å². The molecule has 1 atom stereocenters. The molecule has 1 aromatic rings. The molecular weight excluding hydrogens is 232 g/mol. The number of rotatable bonds is 3. The Bertz CT molecular complexity index is 390. The van der Waals surface area contributed by atoms with Gasteiger partial charge in [0.1, 0.15) is 5.82 Å². The van der Waals surface area contributed by atoms with E-state index in [0.29, 0.717) is 0 Å². The van der Waals surface area contributed by atoms with E-state index >= 15 is 0 Å². The maximum Gasteiger partial charge on any atom is 0.128 e. The zero-order valence-electron chi connectivity index (χ0n) is 10.6. The van der Waals surface area contributed by atoms with Crippen molar-refractivity contribution >= 4 is 16.6 Å². The lowest BCUT2D eigenvalue weighted by atomic mass is 10.0. The second-order valence-corrected chi connectivity index (χ2v) is 6.51. The summed E-state index contributed by atoms with van der Waals surface area (Å²) in [7, 11) is -0.701. The number of hydrogen-bond donors (Lipinski definition) is 0. The molecule has 1 aromatic heterocycles. The van der Waals surface area contributed by atoms with Crippen molar-refractivity contribution in [3.8, 4) is 0 Å². The van der Waals surface area contributed by atoms with Gasteiger partial charge in [0.25, 0.3) is 0 Å². The third kappa shape index (κ3) is 2.37. The van der Waals surface area contributed by atoms with Gasteiger partial charge in [-0.05, 0) is 25.0 Å².